The van der Waals surface area contributed by atoms with Gasteiger partial charge in [0.15, 0.2) is 0 Å². The highest BCUT2D eigenvalue weighted by atomic mass is 32.2. The van der Waals surface area contributed by atoms with Gasteiger partial charge in [-0.05, 0) is 41.8 Å². The summed E-state index contributed by atoms with van der Waals surface area (Å²) in [7, 11) is -3.52. The van der Waals surface area contributed by atoms with E-state index >= 15 is 0 Å². The van der Waals surface area contributed by atoms with Crippen LogP contribution >= 0.6 is 0 Å². The van der Waals surface area contributed by atoms with Crippen LogP contribution in [0.3, 0.4) is 0 Å². The fourth-order valence-corrected chi connectivity index (χ4v) is 5.26. The summed E-state index contributed by atoms with van der Waals surface area (Å²) < 4.78 is 32.3. The van der Waals surface area contributed by atoms with Crippen molar-refractivity contribution in [1.29, 1.82) is 0 Å². The Labute approximate surface area is 195 Å². The first-order valence-corrected chi connectivity index (χ1v) is 12.5. The molecule has 7 heteroatoms. The van der Waals surface area contributed by atoms with Crippen LogP contribution in [-0.2, 0) is 32.5 Å². The van der Waals surface area contributed by atoms with Gasteiger partial charge in [0.05, 0.1) is 24.7 Å². The van der Waals surface area contributed by atoms with Crippen molar-refractivity contribution in [2.24, 2.45) is 0 Å². The zero-order chi connectivity index (χ0) is 23.1. The second-order valence-corrected chi connectivity index (χ2v) is 9.90. The minimum atomic E-state index is -3.52. The second-order valence-electron chi connectivity index (χ2n) is 7.96. The highest BCUT2D eigenvalue weighted by Crippen LogP contribution is 2.21. The summed E-state index contributed by atoms with van der Waals surface area (Å²) in [6.07, 6.45) is 0.867. The number of para-hydroxylation sites is 1. The quantitative estimate of drug-likeness (QED) is 0.508. The maximum atomic E-state index is 13.2. The first-order valence-electron chi connectivity index (χ1n) is 11.1. The van der Waals surface area contributed by atoms with Crippen LogP contribution < -0.4 is 4.90 Å². The third kappa shape index (κ3) is 5.87. The number of rotatable bonds is 8. The highest BCUT2D eigenvalue weighted by molar-refractivity contribution is 7.89. The molecule has 1 aliphatic heterocycles. The van der Waals surface area contributed by atoms with Crippen LogP contribution in [0.5, 0.6) is 0 Å². The summed E-state index contributed by atoms with van der Waals surface area (Å²) in [5, 5.41) is 0. The number of ether oxygens (including phenoxy) is 1. The number of carbonyl (C=O) groups excluding carboxylic acids is 1. The zero-order valence-corrected chi connectivity index (χ0v) is 19.3. The van der Waals surface area contributed by atoms with Crippen LogP contribution in [0.2, 0.25) is 0 Å². The zero-order valence-electron chi connectivity index (χ0n) is 18.5. The number of sulfonamides is 1. The molecule has 0 saturated carbocycles. The van der Waals surface area contributed by atoms with Crippen molar-refractivity contribution in [3.8, 4) is 0 Å². The first kappa shape index (κ1) is 23.2. The van der Waals surface area contributed by atoms with Gasteiger partial charge in [0.25, 0.3) is 0 Å². The van der Waals surface area contributed by atoms with Crippen molar-refractivity contribution in [3.05, 3.63) is 96.1 Å². The van der Waals surface area contributed by atoms with Gasteiger partial charge in [0.1, 0.15) is 0 Å². The van der Waals surface area contributed by atoms with Crippen molar-refractivity contribution in [2.75, 3.05) is 31.2 Å². The van der Waals surface area contributed by atoms with Crippen molar-refractivity contribution in [3.63, 3.8) is 0 Å². The van der Waals surface area contributed by atoms with E-state index < -0.39 is 10.0 Å². The topological polar surface area (TPSA) is 66.9 Å². The molecule has 0 N–H and O–H groups in total. The number of amides is 1. The van der Waals surface area contributed by atoms with Gasteiger partial charge in [0.2, 0.25) is 15.9 Å². The van der Waals surface area contributed by atoms with Gasteiger partial charge in [-0.25, -0.2) is 8.42 Å². The Bertz CT molecular complexity index is 1140. The van der Waals surface area contributed by atoms with Gasteiger partial charge >= 0.3 is 0 Å². The van der Waals surface area contributed by atoms with Gasteiger partial charge in [-0.2, -0.15) is 4.31 Å². The van der Waals surface area contributed by atoms with E-state index in [1.54, 1.807) is 29.2 Å². The van der Waals surface area contributed by atoms with Gasteiger partial charge in [-0.1, -0.05) is 60.7 Å². The lowest BCUT2D eigenvalue weighted by molar-refractivity contribution is -0.118. The summed E-state index contributed by atoms with van der Waals surface area (Å²) in [4.78, 5) is 15.2. The van der Waals surface area contributed by atoms with E-state index in [4.69, 9.17) is 4.74 Å². The Hall–Kier alpha value is -3.00. The Morgan fingerprint density at radius 1 is 0.818 bits per heavy atom. The molecule has 0 spiro atoms. The van der Waals surface area contributed by atoms with E-state index in [0.717, 1.165) is 16.8 Å². The second kappa shape index (κ2) is 10.7. The predicted molar refractivity (Wildman–Crippen MR) is 128 cm³/mol. The van der Waals surface area contributed by atoms with E-state index in [2.05, 4.69) is 0 Å². The molecular formula is C26H28N2O4S. The monoisotopic (exact) mass is 464 g/mol. The van der Waals surface area contributed by atoms with Crippen LogP contribution in [0.1, 0.15) is 17.5 Å². The molecule has 1 heterocycles. The molecule has 4 rings (SSSR count). The third-order valence-electron chi connectivity index (χ3n) is 5.71. The number of hydrogen-bond acceptors (Lipinski definition) is 4. The predicted octanol–water partition coefficient (Wildman–Crippen LogP) is 3.87. The fourth-order valence-electron chi connectivity index (χ4n) is 3.85. The van der Waals surface area contributed by atoms with E-state index in [1.807, 2.05) is 60.7 Å². The van der Waals surface area contributed by atoms with Gasteiger partial charge in [-0.3, -0.25) is 4.79 Å². The maximum absolute atomic E-state index is 13.2. The summed E-state index contributed by atoms with van der Waals surface area (Å²) in [6, 6.07) is 26.4. The normalized spacial score (nSPS) is 14.7. The highest BCUT2D eigenvalue weighted by Gasteiger charge is 2.26. The molecule has 0 aromatic heterocycles. The van der Waals surface area contributed by atoms with Gasteiger partial charge in [-0.15, -0.1) is 0 Å². The van der Waals surface area contributed by atoms with E-state index in [9.17, 15) is 13.2 Å². The average molecular weight is 465 g/mol. The molecule has 172 valence electrons. The number of aryl methyl sites for hydroxylation is 1. The molecule has 0 bridgehead atoms. The molecule has 6 nitrogen and oxygen atoms in total. The Kier molecular flexibility index (Phi) is 7.54. The minimum Gasteiger partial charge on any atom is -0.379 e. The number of hydrogen-bond donors (Lipinski definition) is 0. The van der Waals surface area contributed by atoms with Crippen LogP contribution in [0.15, 0.2) is 89.8 Å². The summed E-state index contributed by atoms with van der Waals surface area (Å²) in [6.45, 7) is 2.08. The standard InChI is InChI=1S/C26H28N2O4S/c29-26(28(24-9-5-2-6-10-24)21-23-7-3-1-4-8-23)16-13-22-11-14-25(15-12-22)33(30,31)27-17-19-32-20-18-27/h1-12,14-15H,13,16-21H2. The fraction of sp³-hybridized carbons (Fsp3) is 0.269. The Morgan fingerprint density at radius 3 is 2.06 bits per heavy atom. The Morgan fingerprint density at radius 2 is 1.42 bits per heavy atom. The van der Waals surface area contributed by atoms with Crippen LogP contribution in [0, 0.1) is 0 Å². The SMILES string of the molecule is O=C(CCc1ccc(S(=O)(=O)N2CCOCC2)cc1)N(Cc1ccccc1)c1ccccc1. The van der Waals surface area contributed by atoms with Crippen molar-refractivity contribution < 1.29 is 17.9 Å². The van der Waals surface area contributed by atoms with E-state index in [-0.39, 0.29) is 10.8 Å². The molecular weight excluding hydrogens is 436 g/mol. The van der Waals surface area contributed by atoms with Gasteiger partial charge < -0.3 is 9.64 Å². The maximum Gasteiger partial charge on any atom is 0.243 e. The van der Waals surface area contributed by atoms with E-state index in [0.29, 0.717) is 45.7 Å². The van der Waals surface area contributed by atoms with Crippen LogP contribution in [-0.4, -0.2) is 44.9 Å². The summed E-state index contributed by atoms with van der Waals surface area (Å²) >= 11 is 0. The number of morpholine rings is 1. The molecule has 1 amide bonds. The summed E-state index contributed by atoms with van der Waals surface area (Å²) in [5.41, 5.74) is 2.85. The molecule has 0 unspecified atom stereocenters. The first-order chi connectivity index (χ1) is 16.0. The molecule has 0 radical (unpaired) electrons. The number of benzene rings is 3. The van der Waals surface area contributed by atoms with Crippen LogP contribution in [0.4, 0.5) is 5.69 Å². The lowest BCUT2D eigenvalue weighted by Gasteiger charge is -2.26. The third-order valence-corrected chi connectivity index (χ3v) is 7.62. The molecule has 3 aromatic rings. The molecule has 1 saturated heterocycles. The number of nitrogens with zero attached hydrogens (tertiary/aromatic N) is 2. The number of carbonyl (C=O) groups is 1. The Balaban J connectivity index is 1.43. The molecule has 33 heavy (non-hydrogen) atoms. The molecule has 1 aliphatic rings. The van der Waals surface area contributed by atoms with Crippen molar-refractivity contribution in [1.82, 2.24) is 4.31 Å². The number of anilines is 1. The molecule has 3 aromatic carbocycles. The smallest absolute Gasteiger partial charge is 0.243 e. The van der Waals surface area contributed by atoms with Crippen molar-refractivity contribution >= 4 is 21.6 Å². The average Bonchev–Trinajstić information content (AvgIpc) is 2.88. The van der Waals surface area contributed by atoms with E-state index in [1.165, 1.54) is 4.31 Å². The minimum absolute atomic E-state index is 0.0232. The molecule has 0 aliphatic carbocycles. The molecule has 1 fully saturated rings. The van der Waals surface area contributed by atoms with Crippen LogP contribution in [0.25, 0.3) is 0 Å². The van der Waals surface area contributed by atoms with Gasteiger partial charge in [0, 0.05) is 25.2 Å². The lowest BCUT2D eigenvalue weighted by atomic mass is 10.1. The summed E-state index contributed by atoms with van der Waals surface area (Å²) in [5.74, 6) is 0.0232. The van der Waals surface area contributed by atoms with Crippen molar-refractivity contribution in [2.45, 2.75) is 24.3 Å². The largest absolute Gasteiger partial charge is 0.379 e. The molecule has 0 atom stereocenters. The lowest BCUT2D eigenvalue weighted by Crippen LogP contribution is -2.40.